The molecule has 1 heterocycles. The van der Waals surface area contributed by atoms with Gasteiger partial charge in [0.15, 0.2) is 7.28 Å². The van der Waals surface area contributed by atoms with Crippen LogP contribution < -0.4 is 0 Å². The molecule has 77 valence electrons. The second-order valence-corrected chi connectivity index (χ2v) is 5.33. The second kappa shape index (κ2) is 3.55. The number of rotatable bonds is 0. The van der Waals surface area contributed by atoms with E-state index in [1.54, 1.807) is 0 Å². The first-order chi connectivity index (χ1) is 7.00. The summed E-state index contributed by atoms with van der Waals surface area (Å²) in [6.45, 7) is 11.0. The van der Waals surface area contributed by atoms with Gasteiger partial charge in [0.2, 0.25) is 0 Å². The zero-order valence-electron chi connectivity index (χ0n) is 9.93. The monoisotopic (exact) mass is 197 g/mol. The normalized spacial score (nSPS) is 21.0. The molecule has 0 spiro atoms. The SMILES string of the molecule is C=C1C2=CCCC=C2[B]C=C1C(C)(C)C. The molecule has 1 aliphatic heterocycles. The van der Waals surface area contributed by atoms with E-state index in [0.29, 0.717) is 0 Å². The molecule has 15 heavy (non-hydrogen) atoms. The number of allylic oxidation sites excluding steroid dienone is 6. The van der Waals surface area contributed by atoms with Gasteiger partial charge in [-0.05, 0) is 35.0 Å². The summed E-state index contributed by atoms with van der Waals surface area (Å²) in [5.41, 5.74) is 5.49. The first-order valence-corrected chi connectivity index (χ1v) is 5.66. The lowest BCUT2D eigenvalue weighted by atomic mass is 9.55. The Kier molecular flexibility index (Phi) is 2.50. The van der Waals surface area contributed by atoms with Crippen LogP contribution in [0.5, 0.6) is 0 Å². The predicted octanol–water partition coefficient (Wildman–Crippen LogP) is 3.79. The van der Waals surface area contributed by atoms with Gasteiger partial charge in [-0.15, -0.1) is 5.98 Å². The number of fused-ring (bicyclic) bond motifs is 1. The van der Waals surface area contributed by atoms with E-state index in [4.69, 9.17) is 0 Å². The van der Waals surface area contributed by atoms with E-state index in [2.05, 4.69) is 52.8 Å². The minimum Gasteiger partial charge on any atom is -0.112 e. The average Bonchev–Trinajstić information content (AvgIpc) is 2.16. The molecule has 0 saturated heterocycles. The highest BCUT2D eigenvalue weighted by Crippen LogP contribution is 2.40. The fourth-order valence-corrected chi connectivity index (χ4v) is 2.27. The van der Waals surface area contributed by atoms with Crippen LogP contribution in [0.25, 0.3) is 0 Å². The van der Waals surface area contributed by atoms with E-state index in [9.17, 15) is 0 Å². The maximum Gasteiger partial charge on any atom is 0.182 e. The second-order valence-electron chi connectivity index (χ2n) is 5.33. The lowest BCUT2D eigenvalue weighted by Crippen LogP contribution is -2.20. The molecule has 0 amide bonds. The maximum atomic E-state index is 4.25. The molecule has 1 aliphatic carbocycles. The summed E-state index contributed by atoms with van der Waals surface area (Å²) in [5, 5.41) is 0. The Labute approximate surface area is 93.7 Å². The van der Waals surface area contributed by atoms with Crippen molar-refractivity contribution in [3.8, 4) is 0 Å². The highest BCUT2D eigenvalue weighted by atomic mass is 14.3. The Hall–Kier alpha value is -0.975. The smallest absolute Gasteiger partial charge is 0.112 e. The average molecular weight is 197 g/mol. The van der Waals surface area contributed by atoms with Crippen molar-refractivity contribution in [3.05, 3.63) is 46.9 Å². The summed E-state index contributed by atoms with van der Waals surface area (Å²) >= 11 is 0. The maximum absolute atomic E-state index is 4.25. The minimum absolute atomic E-state index is 0.192. The summed E-state index contributed by atoms with van der Waals surface area (Å²) in [7, 11) is 2.24. The molecule has 0 N–H and O–H groups in total. The lowest BCUT2D eigenvalue weighted by Gasteiger charge is -2.32. The summed E-state index contributed by atoms with van der Waals surface area (Å²) < 4.78 is 0. The van der Waals surface area contributed by atoms with Crippen molar-refractivity contribution < 1.29 is 0 Å². The van der Waals surface area contributed by atoms with Crippen molar-refractivity contribution in [2.45, 2.75) is 33.6 Å². The highest BCUT2D eigenvalue weighted by molar-refractivity contribution is 6.54. The third-order valence-electron chi connectivity index (χ3n) is 3.08. The minimum atomic E-state index is 0.192. The molecule has 0 unspecified atom stereocenters. The summed E-state index contributed by atoms with van der Waals surface area (Å²) in [5.74, 6) is 2.23. The zero-order valence-corrected chi connectivity index (χ0v) is 9.93. The van der Waals surface area contributed by atoms with Gasteiger partial charge in [-0.2, -0.15) is 0 Å². The van der Waals surface area contributed by atoms with Crippen molar-refractivity contribution in [1.82, 2.24) is 0 Å². The Balaban J connectivity index is 2.41. The van der Waals surface area contributed by atoms with E-state index >= 15 is 0 Å². The van der Waals surface area contributed by atoms with Crippen LogP contribution in [0.3, 0.4) is 0 Å². The van der Waals surface area contributed by atoms with Crippen molar-refractivity contribution in [2.24, 2.45) is 5.41 Å². The quantitative estimate of drug-likeness (QED) is 0.518. The largest absolute Gasteiger partial charge is 0.182 e. The molecule has 2 aliphatic rings. The van der Waals surface area contributed by atoms with E-state index in [0.717, 1.165) is 6.42 Å². The molecule has 0 aromatic rings. The first-order valence-electron chi connectivity index (χ1n) is 5.66. The highest BCUT2D eigenvalue weighted by Gasteiger charge is 2.26. The van der Waals surface area contributed by atoms with Crippen LogP contribution in [-0.4, -0.2) is 7.28 Å². The van der Waals surface area contributed by atoms with E-state index < -0.39 is 0 Å². The molecule has 0 aromatic heterocycles. The van der Waals surface area contributed by atoms with Gasteiger partial charge in [0, 0.05) is 0 Å². The van der Waals surface area contributed by atoms with Crippen LogP contribution in [0.4, 0.5) is 0 Å². The van der Waals surface area contributed by atoms with Crippen LogP contribution in [-0.2, 0) is 0 Å². The van der Waals surface area contributed by atoms with E-state index in [1.165, 1.54) is 28.6 Å². The first kappa shape index (κ1) is 10.5. The molecule has 0 saturated carbocycles. The van der Waals surface area contributed by atoms with Crippen LogP contribution in [0, 0.1) is 5.41 Å². The van der Waals surface area contributed by atoms with Crippen LogP contribution >= 0.6 is 0 Å². The van der Waals surface area contributed by atoms with Gasteiger partial charge in [0.05, 0.1) is 0 Å². The van der Waals surface area contributed by atoms with Crippen molar-refractivity contribution in [2.75, 3.05) is 0 Å². The Morgan fingerprint density at radius 1 is 1.20 bits per heavy atom. The van der Waals surface area contributed by atoms with Gasteiger partial charge < -0.3 is 0 Å². The molecular formula is C14H18B. The van der Waals surface area contributed by atoms with Gasteiger partial charge in [0.1, 0.15) is 0 Å². The van der Waals surface area contributed by atoms with Gasteiger partial charge >= 0.3 is 0 Å². The number of hydrogen-bond donors (Lipinski definition) is 0. The lowest BCUT2D eigenvalue weighted by molar-refractivity contribution is 0.512. The van der Waals surface area contributed by atoms with Gasteiger partial charge in [0.25, 0.3) is 0 Å². The molecule has 0 fully saturated rings. The standard InChI is InChI=1S/C14H18B/c1-10-11-7-5-6-8-13(11)15-9-12(10)14(2,3)4/h7-9H,1,5-6H2,2-4H3. The van der Waals surface area contributed by atoms with Gasteiger partial charge in [-0.1, -0.05) is 45.0 Å². The fourth-order valence-electron chi connectivity index (χ4n) is 2.27. The van der Waals surface area contributed by atoms with Gasteiger partial charge in [-0.25, -0.2) is 0 Å². The van der Waals surface area contributed by atoms with Crippen LogP contribution in [0.2, 0.25) is 0 Å². The molecule has 1 radical (unpaired) electrons. The van der Waals surface area contributed by atoms with Crippen molar-refractivity contribution in [1.29, 1.82) is 0 Å². The Morgan fingerprint density at radius 3 is 2.53 bits per heavy atom. The van der Waals surface area contributed by atoms with Crippen molar-refractivity contribution >= 4 is 7.28 Å². The topological polar surface area (TPSA) is 0 Å². The van der Waals surface area contributed by atoms with E-state index in [1.807, 2.05) is 0 Å². The molecule has 1 heteroatoms. The molecule has 0 bridgehead atoms. The molecular weight excluding hydrogens is 179 g/mol. The molecule has 0 atom stereocenters. The molecule has 2 rings (SSSR count). The van der Waals surface area contributed by atoms with Crippen LogP contribution in [0.15, 0.2) is 46.9 Å². The van der Waals surface area contributed by atoms with Crippen LogP contribution in [0.1, 0.15) is 33.6 Å². The summed E-state index contributed by atoms with van der Waals surface area (Å²) in [6, 6.07) is 0. The molecule has 0 aromatic carbocycles. The van der Waals surface area contributed by atoms with Crippen molar-refractivity contribution in [3.63, 3.8) is 0 Å². The Morgan fingerprint density at radius 2 is 1.87 bits per heavy atom. The fraction of sp³-hybridized carbons (Fsp3) is 0.429. The molecule has 0 nitrogen and oxygen atoms in total. The van der Waals surface area contributed by atoms with E-state index in [-0.39, 0.29) is 5.41 Å². The zero-order chi connectivity index (χ0) is 11.1. The Bertz CT molecular complexity index is 386. The third-order valence-corrected chi connectivity index (χ3v) is 3.08. The summed E-state index contributed by atoms with van der Waals surface area (Å²) in [6.07, 6.45) is 6.97. The third kappa shape index (κ3) is 1.88. The number of hydrogen-bond acceptors (Lipinski definition) is 0. The summed E-state index contributed by atoms with van der Waals surface area (Å²) in [4.78, 5) is 0. The van der Waals surface area contributed by atoms with Gasteiger partial charge in [-0.3, -0.25) is 0 Å². The predicted molar refractivity (Wildman–Crippen MR) is 67.8 cm³/mol.